The van der Waals surface area contributed by atoms with Crippen LogP contribution >= 0.6 is 27.5 Å². The van der Waals surface area contributed by atoms with Crippen LogP contribution < -0.4 is 15.4 Å². The maximum atomic E-state index is 12.2. The standard InChI is InChI=1S/C23H22BrClN2O2/c1-15-4-3-5-21(16(15)2)27-23(28)14-29-22-11-6-17(12-20(22)25)13-26-19-9-7-18(24)8-10-19/h3-12,26H,13-14H2,1-2H3,(H,27,28). The molecule has 0 radical (unpaired) electrons. The largest absolute Gasteiger partial charge is 0.482 e. The minimum absolute atomic E-state index is 0.108. The molecule has 3 aromatic carbocycles. The minimum atomic E-state index is -0.226. The van der Waals surface area contributed by atoms with Crippen molar-refractivity contribution in [3.05, 3.63) is 86.8 Å². The number of anilines is 2. The number of halogens is 2. The van der Waals surface area contributed by atoms with Crippen molar-refractivity contribution < 1.29 is 9.53 Å². The van der Waals surface area contributed by atoms with E-state index in [-0.39, 0.29) is 12.5 Å². The van der Waals surface area contributed by atoms with Crippen LogP contribution in [-0.2, 0) is 11.3 Å². The van der Waals surface area contributed by atoms with Crippen molar-refractivity contribution in [3.8, 4) is 5.75 Å². The Bertz CT molecular complexity index is 1010. The van der Waals surface area contributed by atoms with E-state index in [1.54, 1.807) is 6.07 Å². The number of rotatable bonds is 7. The zero-order valence-corrected chi connectivity index (χ0v) is 18.6. The molecule has 0 saturated heterocycles. The maximum absolute atomic E-state index is 12.2. The molecule has 150 valence electrons. The molecule has 0 unspecified atom stereocenters. The number of carbonyl (C=O) groups is 1. The second-order valence-electron chi connectivity index (χ2n) is 6.71. The van der Waals surface area contributed by atoms with Crippen LogP contribution in [0.2, 0.25) is 5.02 Å². The molecule has 3 aromatic rings. The maximum Gasteiger partial charge on any atom is 0.262 e. The third-order valence-corrected chi connectivity index (χ3v) is 5.40. The van der Waals surface area contributed by atoms with E-state index in [1.807, 2.05) is 68.4 Å². The number of hydrogen-bond acceptors (Lipinski definition) is 3. The summed E-state index contributed by atoms with van der Waals surface area (Å²) in [6, 6.07) is 19.3. The average Bonchev–Trinajstić information content (AvgIpc) is 2.70. The fourth-order valence-corrected chi connectivity index (χ4v) is 3.28. The van der Waals surface area contributed by atoms with Crippen LogP contribution in [0.3, 0.4) is 0 Å². The van der Waals surface area contributed by atoms with Crippen molar-refractivity contribution in [1.82, 2.24) is 0 Å². The van der Waals surface area contributed by atoms with Crippen LogP contribution in [0.5, 0.6) is 5.75 Å². The fraction of sp³-hybridized carbons (Fsp3) is 0.174. The van der Waals surface area contributed by atoms with Gasteiger partial charge in [0.2, 0.25) is 0 Å². The Morgan fingerprint density at radius 1 is 1.07 bits per heavy atom. The number of benzene rings is 3. The van der Waals surface area contributed by atoms with E-state index < -0.39 is 0 Å². The van der Waals surface area contributed by atoms with Gasteiger partial charge >= 0.3 is 0 Å². The number of aryl methyl sites for hydroxylation is 1. The van der Waals surface area contributed by atoms with E-state index in [2.05, 4.69) is 26.6 Å². The molecule has 0 bridgehead atoms. The molecule has 1 amide bonds. The van der Waals surface area contributed by atoms with Crippen LogP contribution in [0, 0.1) is 13.8 Å². The molecule has 0 atom stereocenters. The lowest BCUT2D eigenvalue weighted by atomic mass is 10.1. The quantitative estimate of drug-likeness (QED) is 0.420. The Hall–Kier alpha value is -2.50. The second-order valence-corrected chi connectivity index (χ2v) is 8.03. The summed E-state index contributed by atoms with van der Waals surface area (Å²) < 4.78 is 6.64. The number of nitrogens with one attached hydrogen (secondary N) is 2. The number of amides is 1. The smallest absolute Gasteiger partial charge is 0.262 e. The molecule has 0 aliphatic rings. The van der Waals surface area contributed by atoms with Gasteiger partial charge < -0.3 is 15.4 Å². The first-order valence-electron chi connectivity index (χ1n) is 9.19. The third kappa shape index (κ3) is 5.99. The monoisotopic (exact) mass is 472 g/mol. The number of carbonyl (C=O) groups excluding carboxylic acids is 1. The zero-order chi connectivity index (χ0) is 20.8. The lowest BCUT2D eigenvalue weighted by Crippen LogP contribution is -2.20. The molecule has 3 rings (SSSR count). The number of ether oxygens (including phenoxy) is 1. The van der Waals surface area contributed by atoms with Gasteiger partial charge in [0.05, 0.1) is 5.02 Å². The van der Waals surface area contributed by atoms with Crippen molar-refractivity contribution in [3.63, 3.8) is 0 Å². The lowest BCUT2D eigenvalue weighted by Gasteiger charge is -2.12. The topological polar surface area (TPSA) is 50.4 Å². The van der Waals surface area contributed by atoms with Crippen molar-refractivity contribution in [2.45, 2.75) is 20.4 Å². The molecule has 0 aromatic heterocycles. The van der Waals surface area contributed by atoms with Gasteiger partial charge in [0.15, 0.2) is 6.61 Å². The summed E-state index contributed by atoms with van der Waals surface area (Å²) in [4.78, 5) is 12.2. The minimum Gasteiger partial charge on any atom is -0.482 e. The van der Waals surface area contributed by atoms with E-state index in [9.17, 15) is 4.79 Å². The van der Waals surface area contributed by atoms with Crippen LogP contribution in [0.1, 0.15) is 16.7 Å². The van der Waals surface area contributed by atoms with Crippen LogP contribution in [-0.4, -0.2) is 12.5 Å². The van der Waals surface area contributed by atoms with E-state index in [0.29, 0.717) is 17.3 Å². The molecular formula is C23H22BrClN2O2. The molecule has 0 spiro atoms. The highest BCUT2D eigenvalue weighted by Gasteiger charge is 2.09. The summed E-state index contributed by atoms with van der Waals surface area (Å²) in [7, 11) is 0. The van der Waals surface area contributed by atoms with Crippen molar-refractivity contribution in [2.75, 3.05) is 17.2 Å². The molecule has 6 heteroatoms. The van der Waals surface area contributed by atoms with Gasteiger partial charge in [-0.05, 0) is 73.0 Å². The Morgan fingerprint density at radius 2 is 1.83 bits per heavy atom. The highest BCUT2D eigenvalue weighted by atomic mass is 79.9. The molecule has 0 aliphatic heterocycles. The normalized spacial score (nSPS) is 10.5. The van der Waals surface area contributed by atoms with E-state index in [0.717, 1.165) is 32.5 Å². The summed E-state index contributed by atoms with van der Waals surface area (Å²) in [6.45, 7) is 4.51. The van der Waals surface area contributed by atoms with Gasteiger partial charge in [0, 0.05) is 22.4 Å². The molecule has 0 saturated carbocycles. The molecule has 0 aliphatic carbocycles. The summed E-state index contributed by atoms with van der Waals surface area (Å²) in [5.74, 6) is 0.255. The Morgan fingerprint density at radius 3 is 2.55 bits per heavy atom. The van der Waals surface area contributed by atoms with Gasteiger partial charge in [-0.1, -0.05) is 45.7 Å². The summed E-state index contributed by atoms with van der Waals surface area (Å²) >= 11 is 9.75. The first-order chi connectivity index (χ1) is 13.9. The molecule has 4 nitrogen and oxygen atoms in total. The van der Waals surface area contributed by atoms with E-state index in [4.69, 9.17) is 16.3 Å². The van der Waals surface area contributed by atoms with Gasteiger partial charge in [-0.2, -0.15) is 0 Å². The SMILES string of the molecule is Cc1cccc(NC(=O)COc2ccc(CNc3ccc(Br)cc3)cc2Cl)c1C. The summed E-state index contributed by atoms with van der Waals surface area (Å²) in [5.41, 5.74) is 5.00. The van der Waals surface area contributed by atoms with Crippen molar-refractivity contribution >= 4 is 44.8 Å². The highest BCUT2D eigenvalue weighted by Crippen LogP contribution is 2.26. The first-order valence-corrected chi connectivity index (χ1v) is 10.4. The van der Waals surface area contributed by atoms with Crippen molar-refractivity contribution in [2.24, 2.45) is 0 Å². The van der Waals surface area contributed by atoms with E-state index >= 15 is 0 Å². The first kappa shape index (κ1) is 21.2. The van der Waals surface area contributed by atoms with Crippen LogP contribution in [0.4, 0.5) is 11.4 Å². The van der Waals surface area contributed by atoms with Gasteiger partial charge in [-0.25, -0.2) is 0 Å². The summed E-state index contributed by atoms with van der Waals surface area (Å²) in [6.07, 6.45) is 0. The second kappa shape index (κ2) is 9.81. The van der Waals surface area contributed by atoms with Crippen LogP contribution in [0.25, 0.3) is 0 Å². The Labute approximate surface area is 184 Å². The van der Waals surface area contributed by atoms with Gasteiger partial charge in [0.1, 0.15) is 5.75 Å². The lowest BCUT2D eigenvalue weighted by molar-refractivity contribution is -0.118. The highest BCUT2D eigenvalue weighted by molar-refractivity contribution is 9.10. The predicted molar refractivity (Wildman–Crippen MR) is 123 cm³/mol. The molecule has 29 heavy (non-hydrogen) atoms. The molecule has 0 fully saturated rings. The van der Waals surface area contributed by atoms with E-state index in [1.165, 1.54) is 0 Å². The molecular weight excluding hydrogens is 452 g/mol. The Balaban J connectivity index is 1.54. The predicted octanol–water partition coefficient (Wildman–Crippen LogP) is 6.35. The average molecular weight is 474 g/mol. The molecule has 0 heterocycles. The summed E-state index contributed by atoms with van der Waals surface area (Å²) in [5, 5.41) is 6.68. The molecule has 2 N–H and O–H groups in total. The van der Waals surface area contributed by atoms with Gasteiger partial charge in [-0.3, -0.25) is 4.79 Å². The van der Waals surface area contributed by atoms with Gasteiger partial charge in [0.25, 0.3) is 5.91 Å². The fourth-order valence-electron chi connectivity index (χ4n) is 2.76. The van der Waals surface area contributed by atoms with Crippen LogP contribution in [0.15, 0.2) is 65.1 Å². The zero-order valence-electron chi connectivity index (χ0n) is 16.3. The number of hydrogen-bond donors (Lipinski definition) is 2. The van der Waals surface area contributed by atoms with Crippen molar-refractivity contribution in [1.29, 1.82) is 0 Å². The third-order valence-electron chi connectivity index (χ3n) is 4.57. The van der Waals surface area contributed by atoms with Gasteiger partial charge in [-0.15, -0.1) is 0 Å². The Kier molecular flexibility index (Phi) is 7.18.